The topological polar surface area (TPSA) is 40.9 Å². The standard InChI is InChI=1S/C13H11Cl2NO/c14-11-4-3-9(6-12(11)15)13(8-16)5-1-2-10(17)7-13/h3-4,6H,1-2,5,7H2/t13-/m1/s1. The Bertz CT molecular complexity index is 507. The van der Waals surface area contributed by atoms with E-state index in [1.54, 1.807) is 18.2 Å². The van der Waals surface area contributed by atoms with Crippen molar-refractivity contribution in [1.82, 2.24) is 0 Å². The molecule has 0 bridgehead atoms. The molecule has 1 atom stereocenters. The molecular weight excluding hydrogens is 257 g/mol. The number of hydrogen-bond acceptors (Lipinski definition) is 2. The van der Waals surface area contributed by atoms with Gasteiger partial charge in [0, 0.05) is 12.8 Å². The third-order valence-electron chi connectivity index (χ3n) is 3.24. The fourth-order valence-electron chi connectivity index (χ4n) is 2.30. The second kappa shape index (κ2) is 4.68. The van der Waals surface area contributed by atoms with E-state index < -0.39 is 5.41 Å². The number of halogens is 2. The Labute approximate surface area is 110 Å². The van der Waals surface area contributed by atoms with E-state index in [9.17, 15) is 10.1 Å². The van der Waals surface area contributed by atoms with Crippen molar-refractivity contribution in [3.63, 3.8) is 0 Å². The molecule has 0 heterocycles. The first-order chi connectivity index (χ1) is 8.07. The molecule has 1 fully saturated rings. The van der Waals surface area contributed by atoms with Crippen LogP contribution in [0.25, 0.3) is 0 Å². The number of nitrogens with zero attached hydrogens (tertiary/aromatic N) is 1. The average molecular weight is 268 g/mol. The maximum Gasteiger partial charge on any atom is 0.134 e. The summed E-state index contributed by atoms with van der Waals surface area (Å²) in [5.74, 6) is 0.142. The van der Waals surface area contributed by atoms with Gasteiger partial charge in [-0.05, 0) is 30.5 Å². The van der Waals surface area contributed by atoms with Gasteiger partial charge in [0.15, 0.2) is 0 Å². The van der Waals surface area contributed by atoms with Crippen molar-refractivity contribution >= 4 is 29.0 Å². The summed E-state index contributed by atoms with van der Waals surface area (Å²) in [6.07, 6.45) is 2.31. The monoisotopic (exact) mass is 267 g/mol. The zero-order chi connectivity index (χ0) is 12.5. The maximum atomic E-state index is 11.6. The Morgan fingerprint density at radius 3 is 2.65 bits per heavy atom. The third kappa shape index (κ3) is 2.31. The lowest BCUT2D eigenvalue weighted by molar-refractivity contribution is -0.121. The Morgan fingerprint density at radius 1 is 1.29 bits per heavy atom. The van der Waals surface area contributed by atoms with Crippen LogP contribution in [0.3, 0.4) is 0 Å². The summed E-state index contributed by atoms with van der Waals surface area (Å²) in [6.45, 7) is 0. The summed E-state index contributed by atoms with van der Waals surface area (Å²) in [4.78, 5) is 11.6. The highest BCUT2D eigenvalue weighted by Crippen LogP contribution is 2.39. The minimum Gasteiger partial charge on any atom is -0.300 e. The molecule has 0 radical (unpaired) electrons. The first-order valence-corrected chi connectivity index (χ1v) is 6.21. The molecule has 0 spiro atoms. The Morgan fingerprint density at radius 2 is 2.06 bits per heavy atom. The van der Waals surface area contributed by atoms with Crippen LogP contribution in [0.5, 0.6) is 0 Å². The highest BCUT2D eigenvalue weighted by Gasteiger charge is 2.37. The van der Waals surface area contributed by atoms with Crippen LogP contribution >= 0.6 is 23.2 Å². The first-order valence-electron chi connectivity index (χ1n) is 5.46. The molecule has 1 aliphatic carbocycles. The van der Waals surface area contributed by atoms with E-state index >= 15 is 0 Å². The van der Waals surface area contributed by atoms with Crippen LogP contribution in [0.4, 0.5) is 0 Å². The Kier molecular flexibility index (Phi) is 3.42. The molecule has 0 aromatic heterocycles. The summed E-state index contributed by atoms with van der Waals surface area (Å²) < 4.78 is 0. The maximum absolute atomic E-state index is 11.6. The second-order valence-electron chi connectivity index (χ2n) is 4.39. The van der Waals surface area contributed by atoms with Gasteiger partial charge in [0.05, 0.1) is 21.5 Å². The van der Waals surface area contributed by atoms with Gasteiger partial charge < -0.3 is 0 Å². The molecule has 2 rings (SSSR count). The SMILES string of the molecule is N#C[C@@]1(c2ccc(Cl)c(Cl)c2)CCCC(=O)C1. The molecule has 1 aromatic rings. The number of ketones is 1. The minimum atomic E-state index is -0.719. The lowest BCUT2D eigenvalue weighted by Crippen LogP contribution is -2.31. The summed E-state index contributed by atoms with van der Waals surface area (Å²) in [5.41, 5.74) is 0.0752. The van der Waals surface area contributed by atoms with Crippen molar-refractivity contribution < 1.29 is 4.79 Å². The van der Waals surface area contributed by atoms with Crippen LogP contribution in [0.15, 0.2) is 18.2 Å². The van der Waals surface area contributed by atoms with Crippen LogP contribution in [0.2, 0.25) is 10.0 Å². The smallest absolute Gasteiger partial charge is 0.134 e. The summed E-state index contributed by atoms with van der Waals surface area (Å²) in [7, 11) is 0. The number of rotatable bonds is 1. The van der Waals surface area contributed by atoms with Crippen molar-refractivity contribution in [2.75, 3.05) is 0 Å². The van der Waals surface area contributed by atoms with Gasteiger partial charge >= 0.3 is 0 Å². The zero-order valence-electron chi connectivity index (χ0n) is 9.17. The van der Waals surface area contributed by atoms with Crippen LogP contribution in [-0.4, -0.2) is 5.78 Å². The predicted octanol–water partition coefficient (Wildman–Crippen LogP) is 3.90. The fraction of sp³-hybridized carbons (Fsp3) is 0.385. The average Bonchev–Trinajstić information content (AvgIpc) is 2.32. The molecule has 2 nitrogen and oxygen atoms in total. The van der Waals surface area contributed by atoms with Crippen molar-refractivity contribution in [2.45, 2.75) is 31.1 Å². The molecule has 1 aliphatic rings. The number of hydrogen-bond donors (Lipinski definition) is 0. The molecule has 0 amide bonds. The number of benzene rings is 1. The largest absolute Gasteiger partial charge is 0.300 e. The van der Waals surface area contributed by atoms with Gasteiger partial charge in [-0.2, -0.15) is 5.26 Å². The molecule has 0 saturated heterocycles. The molecule has 0 N–H and O–H groups in total. The predicted molar refractivity (Wildman–Crippen MR) is 67.2 cm³/mol. The quantitative estimate of drug-likeness (QED) is 0.775. The fourth-order valence-corrected chi connectivity index (χ4v) is 2.60. The number of nitriles is 1. The summed E-state index contributed by atoms with van der Waals surface area (Å²) >= 11 is 11.8. The van der Waals surface area contributed by atoms with Crippen molar-refractivity contribution in [3.8, 4) is 6.07 Å². The molecule has 0 aliphatic heterocycles. The van der Waals surface area contributed by atoms with E-state index in [2.05, 4.69) is 6.07 Å². The van der Waals surface area contributed by atoms with Crippen molar-refractivity contribution in [2.24, 2.45) is 0 Å². The van der Waals surface area contributed by atoms with E-state index in [1.807, 2.05) is 0 Å². The molecule has 17 heavy (non-hydrogen) atoms. The molecule has 1 saturated carbocycles. The second-order valence-corrected chi connectivity index (χ2v) is 5.21. The Hall–Kier alpha value is -1.04. The van der Waals surface area contributed by atoms with Gasteiger partial charge in [-0.25, -0.2) is 0 Å². The van der Waals surface area contributed by atoms with Crippen LogP contribution < -0.4 is 0 Å². The number of carbonyl (C=O) groups excluding carboxylic acids is 1. The van der Waals surface area contributed by atoms with E-state index in [0.29, 0.717) is 22.9 Å². The van der Waals surface area contributed by atoms with E-state index in [-0.39, 0.29) is 12.2 Å². The van der Waals surface area contributed by atoms with E-state index in [0.717, 1.165) is 12.0 Å². The van der Waals surface area contributed by atoms with E-state index in [1.165, 1.54) is 0 Å². The molecule has 4 heteroatoms. The van der Waals surface area contributed by atoms with Gasteiger partial charge in [-0.3, -0.25) is 4.79 Å². The van der Waals surface area contributed by atoms with Crippen LogP contribution in [-0.2, 0) is 10.2 Å². The lowest BCUT2D eigenvalue weighted by atomic mass is 9.70. The van der Waals surface area contributed by atoms with Gasteiger partial charge in [-0.1, -0.05) is 29.3 Å². The van der Waals surface area contributed by atoms with Gasteiger partial charge in [0.25, 0.3) is 0 Å². The van der Waals surface area contributed by atoms with Gasteiger partial charge in [0.1, 0.15) is 5.78 Å². The zero-order valence-corrected chi connectivity index (χ0v) is 10.7. The van der Waals surface area contributed by atoms with Gasteiger partial charge in [0.2, 0.25) is 0 Å². The van der Waals surface area contributed by atoms with Crippen LogP contribution in [0, 0.1) is 11.3 Å². The van der Waals surface area contributed by atoms with Gasteiger partial charge in [-0.15, -0.1) is 0 Å². The number of Topliss-reactive ketones (excluding diaryl/α,β-unsaturated/α-hetero) is 1. The third-order valence-corrected chi connectivity index (χ3v) is 3.98. The van der Waals surface area contributed by atoms with Crippen LogP contribution in [0.1, 0.15) is 31.2 Å². The van der Waals surface area contributed by atoms with Crippen molar-refractivity contribution in [3.05, 3.63) is 33.8 Å². The summed E-state index contributed by atoms with van der Waals surface area (Å²) in [6, 6.07) is 7.45. The lowest BCUT2D eigenvalue weighted by Gasteiger charge is -2.30. The molecule has 1 aromatic carbocycles. The Balaban J connectivity index is 2.44. The summed E-state index contributed by atoms with van der Waals surface area (Å²) in [5, 5.41) is 10.3. The molecule has 0 unspecified atom stereocenters. The van der Waals surface area contributed by atoms with E-state index in [4.69, 9.17) is 23.2 Å². The number of carbonyl (C=O) groups is 1. The van der Waals surface area contributed by atoms with Crippen molar-refractivity contribution in [1.29, 1.82) is 5.26 Å². The molecule has 88 valence electrons. The highest BCUT2D eigenvalue weighted by atomic mass is 35.5. The first kappa shape index (κ1) is 12.4. The highest BCUT2D eigenvalue weighted by molar-refractivity contribution is 6.42. The normalized spacial score (nSPS) is 24.4. The minimum absolute atomic E-state index is 0.142. The molecular formula is C13H11Cl2NO.